The van der Waals surface area contributed by atoms with Crippen molar-refractivity contribution in [3.63, 3.8) is 0 Å². The van der Waals surface area contributed by atoms with Crippen LogP contribution in [0.5, 0.6) is 0 Å². The number of anilines is 1. The van der Waals surface area contributed by atoms with Crippen LogP contribution in [-0.2, 0) is 6.54 Å². The number of benzene rings is 2. The predicted molar refractivity (Wildman–Crippen MR) is 95.7 cm³/mol. The minimum Gasteiger partial charge on any atom is -0.370 e. The van der Waals surface area contributed by atoms with E-state index in [1.807, 2.05) is 24.3 Å². The van der Waals surface area contributed by atoms with Gasteiger partial charge < -0.3 is 16.0 Å². The van der Waals surface area contributed by atoms with Gasteiger partial charge in [-0.25, -0.2) is 0 Å². The summed E-state index contributed by atoms with van der Waals surface area (Å²) < 4.78 is 0. The van der Waals surface area contributed by atoms with E-state index in [2.05, 4.69) is 48.3 Å². The van der Waals surface area contributed by atoms with Crippen LogP contribution in [-0.4, -0.2) is 25.5 Å². The second kappa shape index (κ2) is 8.34. The maximum absolute atomic E-state index is 12.1. The third-order valence-electron chi connectivity index (χ3n) is 3.87. The third-order valence-corrected chi connectivity index (χ3v) is 3.87. The van der Waals surface area contributed by atoms with E-state index in [4.69, 9.17) is 5.73 Å². The fourth-order valence-corrected chi connectivity index (χ4v) is 2.49. The number of amides is 1. The van der Waals surface area contributed by atoms with E-state index in [-0.39, 0.29) is 5.91 Å². The molecule has 2 rings (SSSR count). The van der Waals surface area contributed by atoms with Crippen LogP contribution in [0.1, 0.15) is 28.4 Å². The summed E-state index contributed by atoms with van der Waals surface area (Å²) in [5, 5.41) is 2.97. The van der Waals surface area contributed by atoms with E-state index in [9.17, 15) is 4.79 Å². The van der Waals surface area contributed by atoms with E-state index < -0.39 is 0 Å². The molecule has 0 bridgehead atoms. The van der Waals surface area contributed by atoms with Gasteiger partial charge >= 0.3 is 0 Å². The summed E-state index contributed by atoms with van der Waals surface area (Å²) >= 11 is 0. The Kier molecular flexibility index (Phi) is 6.18. The van der Waals surface area contributed by atoms with Crippen LogP contribution in [0.3, 0.4) is 0 Å². The molecular formula is C19H25N3O. The Morgan fingerprint density at radius 3 is 2.52 bits per heavy atom. The minimum atomic E-state index is -0.0473. The van der Waals surface area contributed by atoms with Crippen LogP contribution in [0.15, 0.2) is 48.5 Å². The Morgan fingerprint density at radius 1 is 1.17 bits per heavy atom. The standard InChI is InChI=1S/C19H25N3O/c1-3-22(18-6-4-5-15(2)13-18)12-11-21-19(23)17-9-7-16(14-20)8-10-17/h4-10,13H,3,11-12,14,20H2,1-2H3,(H,21,23). The van der Waals surface area contributed by atoms with Gasteiger partial charge in [-0.15, -0.1) is 0 Å². The summed E-state index contributed by atoms with van der Waals surface area (Å²) in [5.74, 6) is -0.0473. The van der Waals surface area contributed by atoms with Crippen LogP contribution < -0.4 is 16.0 Å². The molecule has 0 aliphatic heterocycles. The van der Waals surface area contributed by atoms with Crippen LogP contribution >= 0.6 is 0 Å². The number of nitrogens with zero attached hydrogens (tertiary/aromatic N) is 1. The van der Waals surface area contributed by atoms with E-state index in [0.717, 1.165) is 18.7 Å². The molecule has 0 atom stereocenters. The molecule has 1 amide bonds. The molecular weight excluding hydrogens is 286 g/mol. The lowest BCUT2D eigenvalue weighted by atomic mass is 10.1. The Labute approximate surface area is 138 Å². The Balaban J connectivity index is 1.88. The molecule has 0 unspecified atom stereocenters. The van der Waals surface area contributed by atoms with E-state index in [1.54, 1.807) is 0 Å². The van der Waals surface area contributed by atoms with Gasteiger partial charge in [0.2, 0.25) is 0 Å². The predicted octanol–water partition coefficient (Wildman–Crippen LogP) is 2.71. The highest BCUT2D eigenvalue weighted by Gasteiger charge is 2.07. The average molecular weight is 311 g/mol. The maximum Gasteiger partial charge on any atom is 0.251 e. The molecule has 3 N–H and O–H groups in total. The Hall–Kier alpha value is -2.33. The van der Waals surface area contributed by atoms with E-state index in [0.29, 0.717) is 18.7 Å². The van der Waals surface area contributed by atoms with Gasteiger partial charge in [0.1, 0.15) is 0 Å². The largest absolute Gasteiger partial charge is 0.370 e. The summed E-state index contributed by atoms with van der Waals surface area (Å²) in [4.78, 5) is 14.4. The van der Waals surface area contributed by atoms with Gasteiger partial charge in [0, 0.05) is 37.4 Å². The third kappa shape index (κ3) is 4.83. The molecule has 0 heterocycles. The van der Waals surface area contributed by atoms with Gasteiger partial charge in [0.05, 0.1) is 0 Å². The lowest BCUT2D eigenvalue weighted by Gasteiger charge is -2.23. The SMILES string of the molecule is CCN(CCNC(=O)c1ccc(CN)cc1)c1cccc(C)c1. The normalized spacial score (nSPS) is 10.4. The first-order chi connectivity index (χ1) is 11.1. The van der Waals surface area contributed by atoms with Crippen LogP contribution in [0.2, 0.25) is 0 Å². The molecule has 4 nitrogen and oxygen atoms in total. The highest BCUT2D eigenvalue weighted by atomic mass is 16.1. The molecule has 0 aliphatic carbocycles. The zero-order valence-electron chi connectivity index (χ0n) is 13.9. The molecule has 0 spiro atoms. The molecule has 2 aromatic rings. The number of hydrogen-bond donors (Lipinski definition) is 2. The number of hydrogen-bond acceptors (Lipinski definition) is 3. The summed E-state index contributed by atoms with van der Waals surface area (Å²) in [5.41, 5.74) is 9.69. The van der Waals surface area contributed by atoms with Crippen molar-refractivity contribution in [1.82, 2.24) is 5.32 Å². The molecule has 2 aromatic carbocycles. The van der Waals surface area contributed by atoms with Crippen molar-refractivity contribution in [2.45, 2.75) is 20.4 Å². The quantitative estimate of drug-likeness (QED) is 0.826. The van der Waals surface area contributed by atoms with Gasteiger partial charge in [-0.3, -0.25) is 4.79 Å². The van der Waals surface area contributed by atoms with Crippen molar-refractivity contribution in [1.29, 1.82) is 0 Å². The van der Waals surface area contributed by atoms with Crippen molar-refractivity contribution in [2.75, 3.05) is 24.5 Å². The van der Waals surface area contributed by atoms with E-state index in [1.165, 1.54) is 11.3 Å². The summed E-state index contributed by atoms with van der Waals surface area (Å²) in [6.45, 7) is 7.00. The monoisotopic (exact) mass is 311 g/mol. The molecule has 4 heteroatoms. The topological polar surface area (TPSA) is 58.4 Å². The first kappa shape index (κ1) is 17.0. The van der Waals surface area contributed by atoms with Gasteiger partial charge in [-0.1, -0.05) is 24.3 Å². The lowest BCUT2D eigenvalue weighted by molar-refractivity contribution is 0.0954. The van der Waals surface area contributed by atoms with Crippen molar-refractivity contribution < 1.29 is 4.79 Å². The number of carbonyl (C=O) groups is 1. The molecule has 0 radical (unpaired) electrons. The van der Waals surface area contributed by atoms with Gasteiger partial charge in [-0.05, 0) is 49.2 Å². The second-order valence-electron chi connectivity index (χ2n) is 5.58. The molecule has 23 heavy (non-hydrogen) atoms. The zero-order valence-corrected chi connectivity index (χ0v) is 13.9. The zero-order chi connectivity index (χ0) is 16.7. The van der Waals surface area contributed by atoms with Crippen molar-refractivity contribution in [3.05, 3.63) is 65.2 Å². The second-order valence-corrected chi connectivity index (χ2v) is 5.58. The van der Waals surface area contributed by atoms with Crippen LogP contribution in [0, 0.1) is 6.92 Å². The Bertz CT molecular complexity index is 637. The number of rotatable bonds is 7. The lowest BCUT2D eigenvalue weighted by Crippen LogP contribution is -2.35. The van der Waals surface area contributed by atoms with Gasteiger partial charge in [-0.2, -0.15) is 0 Å². The summed E-state index contributed by atoms with van der Waals surface area (Å²) in [6, 6.07) is 15.8. The van der Waals surface area contributed by atoms with Crippen LogP contribution in [0.4, 0.5) is 5.69 Å². The van der Waals surface area contributed by atoms with Crippen LogP contribution in [0.25, 0.3) is 0 Å². The smallest absolute Gasteiger partial charge is 0.251 e. The highest BCUT2D eigenvalue weighted by Crippen LogP contribution is 2.15. The highest BCUT2D eigenvalue weighted by molar-refractivity contribution is 5.94. The fraction of sp³-hybridized carbons (Fsp3) is 0.316. The molecule has 0 saturated heterocycles. The number of aryl methyl sites for hydroxylation is 1. The fourth-order valence-electron chi connectivity index (χ4n) is 2.49. The Morgan fingerprint density at radius 2 is 1.91 bits per heavy atom. The number of likely N-dealkylation sites (N-methyl/N-ethyl adjacent to an activating group) is 1. The molecule has 0 fully saturated rings. The minimum absolute atomic E-state index is 0.0473. The summed E-state index contributed by atoms with van der Waals surface area (Å²) in [7, 11) is 0. The van der Waals surface area contributed by atoms with Gasteiger partial charge in [0.15, 0.2) is 0 Å². The molecule has 0 aromatic heterocycles. The number of carbonyl (C=O) groups excluding carboxylic acids is 1. The van der Waals surface area contributed by atoms with Crippen molar-refractivity contribution in [3.8, 4) is 0 Å². The molecule has 122 valence electrons. The molecule has 0 saturated carbocycles. The first-order valence-electron chi connectivity index (χ1n) is 8.03. The first-order valence-corrected chi connectivity index (χ1v) is 8.03. The number of nitrogens with one attached hydrogen (secondary N) is 1. The average Bonchev–Trinajstić information content (AvgIpc) is 2.58. The maximum atomic E-state index is 12.1. The van der Waals surface area contributed by atoms with E-state index >= 15 is 0 Å². The van der Waals surface area contributed by atoms with Crippen molar-refractivity contribution >= 4 is 11.6 Å². The number of nitrogens with two attached hydrogens (primary N) is 1. The summed E-state index contributed by atoms with van der Waals surface area (Å²) in [6.07, 6.45) is 0. The molecule has 0 aliphatic rings. The van der Waals surface area contributed by atoms with Crippen molar-refractivity contribution in [2.24, 2.45) is 5.73 Å². The van der Waals surface area contributed by atoms with Gasteiger partial charge in [0.25, 0.3) is 5.91 Å².